The first-order valence-electron chi connectivity index (χ1n) is 8.22. The zero-order valence-corrected chi connectivity index (χ0v) is 14.5. The molecule has 0 spiro atoms. The molecule has 0 unspecified atom stereocenters. The van der Waals surface area contributed by atoms with E-state index in [1.54, 1.807) is 12.1 Å². The van der Waals surface area contributed by atoms with Crippen LogP contribution in [0.1, 0.15) is 30.0 Å². The summed E-state index contributed by atoms with van der Waals surface area (Å²) in [5.74, 6) is -2.46. The maximum absolute atomic E-state index is 13.9. The molecule has 2 nitrogen and oxygen atoms in total. The van der Waals surface area contributed by atoms with Gasteiger partial charge in [-0.05, 0) is 35.2 Å². The lowest BCUT2D eigenvalue weighted by Gasteiger charge is -2.18. The Labute approximate surface area is 152 Å². The average molecular weight is 392 g/mol. The van der Waals surface area contributed by atoms with E-state index in [2.05, 4.69) is 9.47 Å². The van der Waals surface area contributed by atoms with Gasteiger partial charge >= 0.3 is 12.5 Å². The molecule has 0 radical (unpaired) electrons. The molecule has 0 atom stereocenters. The van der Waals surface area contributed by atoms with Crippen molar-refractivity contribution in [3.8, 4) is 5.75 Å². The lowest BCUT2D eigenvalue weighted by atomic mass is 10.1. The molecule has 0 saturated carbocycles. The molecule has 0 saturated heterocycles. The Kier molecular flexibility index (Phi) is 6.75. The highest BCUT2D eigenvalue weighted by molar-refractivity contribution is 5.30. The Morgan fingerprint density at radius 1 is 0.852 bits per heavy atom. The maximum Gasteiger partial charge on any atom is 0.573 e. The molecule has 148 valence electrons. The Bertz CT molecular complexity index is 741. The van der Waals surface area contributed by atoms with Gasteiger partial charge in [-0.15, -0.1) is 13.2 Å². The van der Waals surface area contributed by atoms with Gasteiger partial charge in [0.15, 0.2) is 11.6 Å². The highest BCUT2D eigenvalue weighted by atomic mass is 19.4. The second-order valence-corrected chi connectivity index (χ2v) is 5.98. The molecule has 0 aliphatic rings. The normalized spacial score (nSPS) is 12.3. The van der Waals surface area contributed by atoms with Crippen LogP contribution in [-0.2, 0) is 24.2 Å². The molecule has 0 bridgehead atoms. The van der Waals surface area contributed by atoms with Crippen LogP contribution in [0.25, 0.3) is 0 Å². The van der Waals surface area contributed by atoms with Crippen molar-refractivity contribution >= 4 is 0 Å². The predicted molar refractivity (Wildman–Crippen MR) is 87.0 cm³/mol. The van der Waals surface area contributed by atoms with E-state index in [0.717, 1.165) is 24.5 Å². The van der Waals surface area contributed by atoms with Gasteiger partial charge in [0.05, 0.1) is 13.0 Å². The van der Waals surface area contributed by atoms with E-state index in [1.165, 1.54) is 0 Å². The van der Waals surface area contributed by atoms with Gasteiger partial charge in [0.2, 0.25) is 0 Å². The van der Waals surface area contributed by atoms with Gasteiger partial charge in [-0.1, -0.05) is 43.7 Å². The largest absolute Gasteiger partial charge is 0.573 e. The fraction of sp³-hybridized carbons (Fsp3) is 0.368. The van der Waals surface area contributed by atoms with Crippen LogP contribution in [0.5, 0.6) is 5.75 Å². The van der Waals surface area contributed by atoms with Crippen molar-refractivity contribution in [2.45, 2.75) is 45.3 Å². The Hall–Kier alpha value is -2.22. The summed E-state index contributed by atoms with van der Waals surface area (Å²) in [6.07, 6.45) is -7.80. The summed E-state index contributed by atoms with van der Waals surface area (Å²) in [6.45, 7) is 1.68. The summed E-state index contributed by atoms with van der Waals surface area (Å²) < 4.78 is 85.8. The minimum Gasteiger partial charge on any atom is -0.403 e. The average Bonchev–Trinajstić information content (AvgIpc) is 2.56. The van der Waals surface area contributed by atoms with Gasteiger partial charge in [-0.3, -0.25) is 0 Å². The van der Waals surface area contributed by atoms with E-state index in [0.29, 0.717) is 17.7 Å². The first kappa shape index (κ1) is 21.1. The van der Waals surface area contributed by atoms with Crippen molar-refractivity contribution in [2.75, 3.05) is 0 Å². The molecular formula is C19H18F6O2. The van der Waals surface area contributed by atoms with Crippen LogP contribution in [0.15, 0.2) is 42.5 Å². The molecule has 2 aromatic carbocycles. The molecule has 2 rings (SSSR count). The SMILES string of the molecule is CCCc1ccc(COC(F)(F)Cc2ccc(OC(F)(F)F)c(F)c2)cc1. The van der Waals surface area contributed by atoms with Crippen molar-refractivity contribution in [1.29, 1.82) is 0 Å². The quantitative estimate of drug-likeness (QED) is 0.511. The Balaban J connectivity index is 1.96. The Morgan fingerprint density at radius 3 is 2.00 bits per heavy atom. The van der Waals surface area contributed by atoms with E-state index >= 15 is 0 Å². The summed E-state index contributed by atoms with van der Waals surface area (Å²) in [7, 11) is 0. The number of ether oxygens (including phenoxy) is 2. The molecule has 0 fully saturated rings. The third-order valence-corrected chi connectivity index (χ3v) is 3.64. The lowest BCUT2D eigenvalue weighted by Crippen LogP contribution is -2.24. The van der Waals surface area contributed by atoms with Crippen molar-refractivity contribution in [3.63, 3.8) is 0 Å². The van der Waals surface area contributed by atoms with Crippen LogP contribution < -0.4 is 4.74 Å². The number of alkyl halides is 5. The number of aryl methyl sites for hydroxylation is 1. The predicted octanol–water partition coefficient (Wildman–Crippen LogP) is 6.03. The summed E-state index contributed by atoms with van der Waals surface area (Å²) in [5.41, 5.74) is 1.42. The Morgan fingerprint density at radius 2 is 1.44 bits per heavy atom. The standard InChI is InChI=1S/C19H18F6O2/c1-2-3-13-4-6-14(7-5-13)12-26-18(21,22)11-15-8-9-17(16(20)10-15)27-19(23,24)25/h4-10H,2-3,11-12H2,1H3. The number of hydrogen-bond donors (Lipinski definition) is 0. The van der Waals surface area contributed by atoms with Gasteiger partial charge in [-0.2, -0.15) is 8.78 Å². The fourth-order valence-corrected chi connectivity index (χ4v) is 2.43. The van der Waals surface area contributed by atoms with E-state index < -0.39 is 30.5 Å². The van der Waals surface area contributed by atoms with Crippen molar-refractivity contribution in [2.24, 2.45) is 0 Å². The topological polar surface area (TPSA) is 18.5 Å². The molecule has 8 heteroatoms. The molecule has 0 aliphatic carbocycles. The summed E-state index contributed by atoms with van der Waals surface area (Å²) in [5, 5.41) is 0. The molecule has 0 amide bonds. The fourth-order valence-electron chi connectivity index (χ4n) is 2.43. The first-order valence-corrected chi connectivity index (χ1v) is 8.22. The number of benzene rings is 2. The van der Waals surface area contributed by atoms with Crippen LogP contribution in [-0.4, -0.2) is 12.5 Å². The third kappa shape index (κ3) is 7.13. The summed E-state index contributed by atoms with van der Waals surface area (Å²) >= 11 is 0. The smallest absolute Gasteiger partial charge is 0.403 e. The van der Waals surface area contributed by atoms with Crippen molar-refractivity contribution in [3.05, 3.63) is 65.0 Å². The van der Waals surface area contributed by atoms with E-state index in [9.17, 15) is 26.3 Å². The van der Waals surface area contributed by atoms with Crippen molar-refractivity contribution in [1.82, 2.24) is 0 Å². The van der Waals surface area contributed by atoms with Crippen LogP contribution in [0.4, 0.5) is 26.3 Å². The summed E-state index contributed by atoms with van der Waals surface area (Å²) in [4.78, 5) is 0. The van der Waals surface area contributed by atoms with Gasteiger partial charge in [0.1, 0.15) is 0 Å². The molecule has 0 heterocycles. The molecule has 2 aromatic rings. The van der Waals surface area contributed by atoms with E-state index in [-0.39, 0.29) is 12.2 Å². The highest BCUT2D eigenvalue weighted by Crippen LogP contribution is 2.29. The number of hydrogen-bond acceptors (Lipinski definition) is 2. The van der Waals surface area contributed by atoms with Crippen LogP contribution in [0, 0.1) is 5.82 Å². The molecule has 0 N–H and O–H groups in total. The first-order chi connectivity index (χ1) is 12.6. The molecule has 0 aromatic heterocycles. The van der Waals surface area contributed by atoms with Crippen LogP contribution in [0.2, 0.25) is 0 Å². The molecule has 27 heavy (non-hydrogen) atoms. The number of halogens is 6. The van der Waals surface area contributed by atoms with Gasteiger partial charge in [-0.25, -0.2) is 4.39 Å². The second-order valence-electron chi connectivity index (χ2n) is 5.98. The van der Waals surface area contributed by atoms with Gasteiger partial charge < -0.3 is 9.47 Å². The summed E-state index contributed by atoms with van der Waals surface area (Å²) in [6, 6.07) is 9.18. The van der Waals surface area contributed by atoms with Gasteiger partial charge in [0, 0.05) is 0 Å². The molecular weight excluding hydrogens is 374 g/mol. The maximum atomic E-state index is 13.9. The third-order valence-electron chi connectivity index (χ3n) is 3.64. The monoisotopic (exact) mass is 392 g/mol. The zero-order valence-electron chi connectivity index (χ0n) is 14.5. The molecule has 0 aliphatic heterocycles. The minimum absolute atomic E-state index is 0.217. The second kappa shape index (κ2) is 8.65. The van der Waals surface area contributed by atoms with Crippen LogP contribution in [0.3, 0.4) is 0 Å². The highest BCUT2D eigenvalue weighted by Gasteiger charge is 2.34. The van der Waals surface area contributed by atoms with E-state index in [4.69, 9.17) is 0 Å². The number of rotatable bonds is 8. The minimum atomic E-state index is -5.07. The lowest BCUT2D eigenvalue weighted by molar-refractivity contribution is -0.275. The van der Waals surface area contributed by atoms with Crippen molar-refractivity contribution < 1.29 is 35.8 Å². The zero-order chi connectivity index (χ0) is 20.1. The van der Waals surface area contributed by atoms with Gasteiger partial charge in [0.25, 0.3) is 0 Å². The van der Waals surface area contributed by atoms with Crippen LogP contribution >= 0.6 is 0 Å². The van der Waals surface area contributed by atoms with E-state index in [1.807, 2.05) is 19.1 Å².